The highest BCUT2D eigenvalue weighted by atomic mass is 15.0. The van der Waals surface area contributed by atoms with Gasteiger partial charge in [0.15, 0.2) is 0 Å². The molecule has 0 unspecified atom stereocenters. The molecule has 120 valence electrons. The number of nitrogens with zero attached hydrogens (tertiary/aromatic N) is 4. The highest BCUT2D eigenvalue weighted by molar-refractivity contribution is 6.07. The Labute approximate surface area is 141 Å². The lowest BCUT2D eigenvalue weighted by atomic mass is 9.88. The molecule has 0 spiro atoms. The van der Waals surface area contributed by atoms with Gasteiger partial charge in [-0.1, -0.05) is 26.8 Å². The average molecular weight is 316 g/mol. The second-order valence-corrected chi connectivity index (χ2v) is 7.39. The fraction of sp³-hybridized carbons (Fsp3) is 0.250. The SMILES string of the molecule is CC(C)(C)Cc1ccc2c(c1)c1ncccc1n2-c1cncnc1. The van der Waals surface area contributed by atoms with Crippen LogP contribution in [0, 0.1) is 5.41 Å². The predicted octanol–water partition coefficient (Wildman–Crippen LogP) is 4.56. The minimum absolute atomic E-state index is 0.257. The normalized spacial score (nSPS) is 12.1. The topological polar surface area (TPSA) is 43.6 Å². The van der Waals surface area contributed by atoms with Crippen LogP contribution in [0.2, 0.25) is 0 Å². The first kappa shape index (κ1) is 14.8. The smallest absolute Gasteiger partial charge is 0.115 e. The molecule has 0 aliphatic heterocycles. The molecule has 4 aromatic rings. The first-order chi connectivity index (χ1) is 11.5. The van der Waals surface area contributed by atoms with Crippen LogP contribution in [-0.4, -0.2) is 19.5 Å². The Kier molecular flexibility index (Phi) is 3.34. The largest absolute Gasteiger partial charge is 0.305 e. The maximum absolute atomic E-state index is 4.63. The maximum Gasteiger partial charge on any atom is 0.115 e. The number of aromatic nitrogens is 4. The Bertz CT molecular complexity index is 1010. The van der Waals surface area contributed by atoms with Gasteiger partial charge < -0.3 is 4.57 Å². The van der Waals surface area contributed by atoms with E-state index in [0.717, 1.165) is 28.7 Å². The van der Waals surface area contributed by atoms with E-state index in [1.54, 1.807) is 6.33 Å². The van der Waals surface area contributed by atoms with E-state index in [9.17, 15) is 0 Å². The number of rotatable bonds is 2. The van der Waals surface area contributed by atoms with Crippen molar-refractivity contribution >= 4 is 21.9 Å². The standard InChI is InChI=1S/C20H20N4/c1-20(2,3)10-14-6-7-17-16(9-14)19-18(5-4-8-23-19)24(17)15-11-21-13-22-12-15/h4-9,11-13H,10H2,1-3H3. The second-order valence-electron chi connectivity index (χ2n) is 7.39. The summed E-state index contributed by atoms with van der Waals surface area (Å²) < 4.78 is 2.18. The number of fused-ring (bicyclic) bond motifs is 3. The second kappa shape index (κ2) is 5.41. The van der Waals surface area contributed by atoms with Gasteiger partial charge in [0, 0.05) is 11.6 Å². The van der Waals surface area contributed by atoms with Gasteiger partial charge in [0.25, 0.3) is 0 Å². The molecule has 3 aromatic heterocycles. The third kappa shape index (κ3) is 2.54. The van der Waals surface area contributed by atoms with Gasteiger partial charge in [-0.05, 0) is 41.7 Å². The van der Waals surface area contributed by atoms with E-state index in [1.165, 1.54) is 10.9 Å². The van der Waals surface area contributed by atoms with Gasteiger partial charge in [0.05, 0.1) is 34.6 Å². The molecule has 0 radical (unpaired) electrons. The highest BCUT2D eigenvalue weighted by Crippen LogP contribution is 2.32. The molecule has 4 nitrogen and oxygen atoms in total. The van der Waals surface area contributed by atoms with E-state index < -0.39 is 0 Å². The molecule has 0 atom stereocenters. The van der Waals surface area contributed by atoms with Gasteiger partial charge in [-0.3, -0.25) is 4.98 Å². The summed E-state index contributed by atoms with van der Waals surface area (Å²) in [5.74, 6) is 0. The molecule has 0 amide bonds. The fourth-order valence-corrected chi connectivity index (χ4v) is 3.29. The third-order valence-electron chi connectivity index (χ3n) is 4.12. The monoisotopic (exact) mass is 316 g/mol. The molecule has 0 aliphatic carbocycles. The maximum atomic E-state index is 4.63. The number of benzene rings is 1. The fourth-order valence-electron chi connectivity index (χ4n) is 3.29. The van der Waals surface area contributed by atoms with Crippen molar-refractivity contribution in [2.75, 3.05) is 0 Å². The van der Waals surface area contributed by atoms with Gasteiger partial charge in [0.2, 0.25) is 0 Å². The van der Waals surface area contributed by atoms with Gasteiger partial charge in [-0.15, -0.1) is 0 Å². The van der Waals surface area contributed by atoms with E-state index in [-0.39, 0.29) is 5.41 Å². The summed E-state index contributed by atoms with van der Waals surface area (Å²) in [5.41, 5.74) is 5.78. The van der Waals surface area contributed by atoms with Crippen LogP contribution in [0.25, 0.3) is 27.6 Å². The van der Waals surface area contributed by atoms with Crippen LogP contribution in [0.15, 0.2) is 55.2 Å². The summed E-state index contributed by atoms with van der Waals surface area (Å²) in [6.07, 6.45) is 8.11. The van der Waals surface area contributed by atoms with Crippen LogP contribution in [0.1, 0.15) is 26.3 Å². The van der Waals surface area contributed by atoms with Gasteiger partial charge >= 0.3 is 0 Å². The minimum atomic E-state index is 0.257. The summed E-state index contributed by atoms with van der Waals surface area (Å²) in [7, 11) is 0. The lowest BCUT2D eigenvalue weighted by molar-refractivity contribution is 0.411. The van der Waals surface area contributed by atoms with Gasteiger partial charge in [-0.25, -0.2) is 9.97 Å². The molecule has 1 aromatic carbocycles. The molecule has 24 heavy (non-hydrogen) atoms. The predicted molar refractivity (Wildman–Crippen MR) is 97.3 cm³/mol. The summed E-state index contributed by atoms with van der Waals surface area (Å²) in [6.45, 7) is 6.79. The van der Waals surface area contributed by atoms with E-state index >= 15 is 0 Å². The first-order valence-electron chi connectivity index (χ1n) is 8.16. The molecular formula is C20H20N4. The van der Waals surface area contributed by atoms with Crippen molar-refractivity contribution in [2.24, 2.45) is 5.41 Å². The van der Waals surface area contributed by atoms with Crippen LogP contribution in [0.5, 0.6) is 0 Å². The van der Waals surface area contributed by atoms with E-state index in [0.29, 0.717) is 0 Å². The molecule has 3 heterocycles. The van der Waals surface area contributed by atoms with Gasteiger partial charge in [-0.2, -0.15) is 0 Å². The van der Waals surface area contributed by atoms with Crippen molar-refractivity contribution in [3.8, 4) is 5.69 Å². The number of pyridine rings is 1. The third-order valence-corrected chi connectivity index (χ3v) is 4.12. The van der Waals surface area contributed by atoms with E-state index in [4.69, 9.17) is 0 Å². The van der Waals surface area contributed by atoms with Crippen molar-refractivity contribution in [3.05, 3.63) is 60.8 Å². The zero-order chi connectivity index (χ0) is 16.7. The quantitative estimate of drug-likeness (QED) is 0.544. The lowest BCUT2D eigenvalue weighted by Crippen LogP contribution is -2.08. The lowest BCUT2D eigenvalue weighted by Gasteiger charge is -2.18. The zero-order valence-electron chi connectivity index (χ0n) is 14.2. The van der Waals surface area contributed by atoms with Crippen LogP contribution < -0.4 is 0 Å². The Balaban J connectivity index is 2.02. The number of hydrogen-bond donors (Lipinski definition) is 0. The van der Waals surface area contributed by atoms with Crippen molar-refractivity contribution in [1.29, 1.82) is 0 Å². The van der Waals surface area contributed by atoms with Gasteiger partial charge in [0.1, 0.15) is 6.33 Å². The van der Waals surface area contributed by atoms with Crippen LogP contribution in [-0.2, 0) is 6.42 Å². The van der Waals surface area contributed by atoms with Crippen molar-refractivity contribution in [3.63, 3.8) is 0 Å². The zero-order valence-corrected chi connectivity index (χ0v) is 14.2. The Morgan fingerprint density at radius 3 is 2.54 bits per heavy atom. The Morgan fingerprint density at radius 1 is 1.00 bits per heavy atom. The summed E-state index contributed by atoms with van der Waals surface area (Å²) in [5, 5.41) is 1.18. The summed E-state index contributed by atoms with van der Waals surface area (Å²) in [6, 6.07) is 10.7. The van der Waals surface area contributed by atoms with Crippen LogP contribution >= 0.6 is 0 Å². The average Bonchev–Trinajstić information content (AvgIpc) is 2.88. The number of hydrogen-bond acceptors (Lipinski definition) is 3. The first-order valence-corrected chi connectivity index (χ1v) is 8.16. The van der Waals surface area contributed by atoms with Crippen molar-refractivity contribution in [1.82, 2.24) is 19.5 Å². The summed E-state index contributed by atoms with van der Waals surface area (Å²) in [4.78, 5) is 13.0. The molecule has 0 aliphatic rings. The Hall–Kier alpha value is -2.75. The summed E-state index contributed by atoms with van der Waals surface area (Å²) >= 11 is 0. The molecule has 0 saturated carbocycles. The van der Waals surface area contributed by atoms with E-state index in [2.05, 4.69) is 64.6 Å². The molecule has 0 N–H and O–H groups in total. The molecule has 0 fully saturated rings. The highest BCUT2D eigenvalue weighted by Gasteiger charge is 2.16. The minimum Gasteiger partial charge on any atom is -0.305 e. The molecule has 0 saturated heterocycles. The van der Waals surface area contributed by atoms with Crippen LogP contribution in [0.3, 0.4) is 0 Å². The Morgan fingerprint density at radius 2 is 1.79 bits per heavy atom. The van der Waals surface area contributed by atoms with Crippen molar-refractivity contribution in [2.45, 2.75) is 27.2 Å². The van der Waals surface area contributed by atoms with Crippen molar-refractivity contribution < 1.29 is 0 Å². The molecule has 4 heteroatoms. The molecule has 4 rings (SSSR count). The van der Waals surface area contributed by atoms with Crippen LogP contribution in [0.4, 0.5) is 0 Å². The molecular weight excluding hydrogens is 296 g/mol. The van der Waals surface area contributed by atoms with E-state index in [1.807, 2.05) is 24.7 Å². The molecule has 0 bridgehead atoms.